The highest BCUT2D eigenvalue weighted by Gasteiger charge is 2.35. The molecule has 0 spiro atoms. The summed E-state index contributed by atoms with van der Waals surface area (Å²) < 4.78 is 65.4. The van der Waals surface area contributed by atoms with Crippen LogP contribution >= 0.6 is 0 Å². The Morgan fingerprint density at radius 1 is 1.16 bits per heavy atom. The normalized spacial score (nSPS) is 12.2. The minimum Gasteiger partial charge on any atom is -0.348 e. The summed E-state index contributed by atoms with van der Waals surface area (Å²) in [4.78, 5) is 13.6. The molecular weight excluding hydrogens is 269 g/mol. The molecule has 2 rings (SSSR count). The lowest BCUT2D eigenvalue weighted by Gasteiger charge is -2.12. The minimum atomic E-state index is -4.84. The average Bonchev–Trinajstić information content (AvgIpc) is 2.28. The quantitative estimate of drug-likeness (QED) is 0.735. The molecule has 1 N–H and O–H groups in total. The molecular formula is C12H8F5NO. The second kappa shape index (κ2) is 4.04. The van der Waals surface area contributed by atoms with Crippen molar-refractivity contribution in [3.05, 3.63) is 44.7 Å². The van der Waals surface area contributed by atoms with Gasteiger partial charge >= 0.3 is 6.18 Å². The molecule has 102 valence electrons. The van der Waals surface area contributed by atoms with E-state index in [-0.39, 0.29) is 5.56 Å². The molecule has 2 nitrogen and oxygen atoms in total. The summed E-state index contributed by atoms with van der Waals surface area (Å²) in [5.41, 5.74) is -4.14. The molecule has 0 aliphatic heterocycles. The lowest BCUT2D eigenvalue weighted by atomic mass is 10.1. The lowest BCUT2D eigenvalue weighted by Crippen LogP contribution is -2.20. The molecule has 0 fully saturated rings. The molecule has 0 saturated carbocycles. The largest absolute Gasteiger partial charge is 0.431 e. The maximum atomic E-state index is 13.8. The maximum Gasteiger partial charge on any atom is 0.431 e. The molecule has 0 bridgehead atoms. The Morgan fingerprint density at radius 3 is 2.26 bits per heavy atom. The Hall–Kier alpha value is -1.92. The molecule has 0 unspecified atom stereocenters. The Bertz CT molecular complexity index is 730. The predicted octanol–water partition coefficient (Wildman–Crippen LogP) is 3.44. The van der Waals surface area contributed by atoms with Gasteiger partial charge in [0.15, 0.2) is 5.43 Å². The molecule has 2 aromatic rings. The van der Waals surface area contributed by atoms with Crippen molar-refractivity contribution in [2.75, 3.05) is 0 Å². The number of rotatable bonds is 0. The third-order valence-electron chi connectivity index (χ3n) is 2.87. The van der Waals surface area contributed by atoms with E-state index in [1.807, 2.05) is 0 Å². The second-order valence-electron chi connectivity index (χ2n) is 4.19. The van der Waals surface area contributed by atoms with E-state index >= 15 is 0 Å². The van der Waals surface area contributed by atoms with Crippen LogP contribution in [0.15, 0.2) is 10.9 Å². The lowest BCUT2D eigenvalue weighted by molar-refractivity contribution is -0.141. The molecule has 0 atom stereocenters. The smallest absolute Gasteiger partial charge is 0.348 e. The molecule has 0 saturated heterocycles. The van der Waals surface area contributed by atoms with Crippen LogP contribution in [0.1, 0.15) is 16.8 Å². The number of aromatic nitrogens is 1. The van der Waals surface area contributed by atoms with Crippen LogP contribution in [0.5, 0.6) is 0 Å². The van der Waals surface area contributed by atoms with Gasteiger partial charge in [-0.15, -0.1) is 0 Å². The number of fused-ring (bicyclic) bond motifs is 1. The Balaban J connectivity index is 3.06. The molecule has 0 amide bonds. The van der Waals surface area contributed by atoms with E-state index < -0.39 is 45.4 Å². The van der Waals surface area contributed by atoms with E-state index in [0.717, 1.165) is 13.0 Å². The van der Waals surface area contributed by atoms with E-state index in [0.29, 0.717) is 0 Å². The summed E-state index contributed by atoms with van der Waals surface area (Å²) in [6.45, 7) is 2.14. The Kier molecular flexibility index (Phi) is 2.87. The third kappa shape index (κ3) is 1.98. The summed E-state index contributed by atoms with van der Waals surface area (Å²) in [7, 11) is 0. The molecule has 0 radical (unpaired) electrons. The Morgan fingerprint density at radius 2 is 1.74 bits per heavy atom. The zero-order valence-electron chi connectivity index (χ0n) is 9.88. The van der Waals surface area contributed by atoms with Crippen LogP contribution in [0.2, 0.25) is 0 Å². The highest BCUT2D eigenvalue weighted by Crippen LogP contribution is 2.31. The first kappa shape index (κ1) is 13.5. The number of hydrogen-bond donors (Lipinski definition) is 1. The first-order valence-electron chi connectivity index (χ1n) is 5.23. The molecule has 1 heterocycles. The Labute approximate surface area is 103 Å². The SMILES string of the molecule is Cc1cc(F)c2[nH]c(C(F)(F)F)c(C)c(=O)c2c1F. The zero-order valence-corrected chi connectivity index (χ0v) is 9.88. The summed E-state index contributed by atoms with van der Waals surface area (Å²) in [5.74, 6) is -2.12. The van der Waals surface area contributed by atoms with Crippen molar-refractivity contribution in [1.29, 1.82) is 0 Å². The molecule has 0 aliphatic rings. The van der Waals surface area contributed by atoms with Crippen LogP contribution in [0.4, 0.5) is 22.0 Å². The van der Waals surface area contributed by atoms with Gasteiger partial charge in [-0.1, -0.05) is 0 Å². The van der Waals surface area contributed by atoms with Crippen molar-refractivity contribution in [3.8, 4) is 0 Å². The van der Waals surface area contributed by atoms with Gasteiger partial charge < -0.3 is 4.98 Å². The number of pyridine rings is 1. The molecule has 1 aromatic carbocycles. The van der Waals surface area contributed by atoms with Gasteiger partial charge in [0.2, 0.25) is 0 Å². The molecule has 19 heavy (non-hydrogen) atoms. The average molecular weight is 277 g/mol. The highest BCUT2D eigenvalue weighted by molar-refractivity contribution is 5.81. The van der Waals surface area contributed by atoms with E-state index in [4.69, 9.17) is 0 Å². The highest BCUT2D eigenvalue weighted by atomic mass is 19.4. The van der Waals surface area contributed by atoms with Gasteiger partial charge in [0, 0.05) is 5.56 Å². The fourth-order valence-electron chi connectivity index (χ4n) is 1.89. The van der Waals surface area contributed by atoms with Crippen molar-refractivity contribution in [3.63, 3.8) is 0 Å². The van der Waals surface area contributed by atoms with Crippen molar-refractivity contribution < 1.29 is 22.0 Å². The minimum absolute atomic E-state index is 0.144. The number of aromatic amines is 1. The second-order valence-corrected chi connectivity index (χ2v) is 4.19. The van der Waals surface area contributed by atoms with Crippen LogP contribution < -0.4 is 5.43 Å². The molecule has 7 heteroatoms. The van der Waals surface area contributed by atoms with E-state index in [1.165, 1.54) is 6.92 Å². The third-order valence-corrected chi connectivity index (χ3v) is 2.87. The zero-order chi connectivity index (χ0) is 14.5. The van der Waals surface area contributed by atoms with Gasteiger partial charge in [0.05, 0.1) is 10.9 Å². The van der Waals surface area contributed by atoms with Gasteiger partial charge in [-0.3, -0.25) is 4.79 Å². The van der Waals surface area contributed by atoms with Crippen molar-refractivity contribution in [2.24, 2.45) is 0 Å². The van der Waals surface area contributed by atoms with Crippen LogP contribution in [-0.4, -0.2) is 4.98 Å². The number of H-pyrrole nitrogens is 1. The van der Waals surface area contributed by atoms with Gasteiger partial charge in [0.25, 0.3) is 0 Å². The molecule has 0 aliphatic carbocycles. The first-order valence-corrected chi connectivity index (χ1v) is 5.23. The molecule has 1 aromatic heterocycles. The van der Waals surface area contributed by atoms with E-state index in [2.05, 4.69) is 0 Å². The predicted molar refractivity (Wildman–Crippen MR) is 59.0 cm³/mol. The summed E-state index contributed by atoms with van der Waals surface area (Å²) in [5, 5.41) is -0.692. The number of hydrogen-bond acceptors (Lipinski definition) is 1. The fraction of sp³-hybridized carbons (Fsp3) is 0.250. The van der Waals surface area contributed by atoms with E-state index in [1.54, 1.807) is 4.98 Å². The van der Waals surface area contributed by atoms with Crippen LogP contribution in [-0.2, 0) is 6.18 Å². The van der Waals surface area contributed by atoms with Crippen LogP contribution in [0.3, 0.4) is 0 Å². The van der Waals surface area contributed by atoms with Crippen molar-refractivity contribution in [1.82, 2.24) is 4.98 Å². The van der Waals surface area contributed by atoms with Crippen LogP contribution in [0.25, 0.3) is 10.9 Å². The summed E-state index contributed by atoms with van der Waals surface area (Å²) in [6.07, 6.45) is -4.84. The number of nitrogens with one attached hydrogen (secondary N) is 1. The summed E-state index contributed by atoms with van der Waals surface area (Å²) in [6, 6.07) is 0.739. The van der Waals surface area contributed by atoms with Gasteiger partial charge in [0.1, 0.15) is 17.3 Å². The number of benzene rings is 1. The van der Waals surface area contributed by atoms with Gasteiger partial charge in [-0.25, -0.2) is 8.78 Å². The van der Waals surface area contributed by atoms with Crippen molar-refractivity contribution in [2.45, 2.75) is 20.0 Å². The van der Waals surface area contributed by atoms with E-state index in [9.17, 15) is 26.7 Å². The first-order chi connectivity index (χ1) is 8.64. The maximum absolute atomic E-state index is 13.8. The monoisotopic (exact) mass is 277 g/mol. The fourth-order valence-corrected chi connectivity index (χ4v) is 1.89. The topological polar surface area (TPSA) is 32.9 Å². The van der Waals surface area contributed by atoms with Crippen molar-refractivity contribution >= 4 is 10.9 Å². The van der Waals surface area contributed by atoms with Gasteiger partial charge in [-0.05, 0) is 25.5 Å². The number of aryl methyl sites for hydroxylation is 1. The standard InChI is InChI=1S/C12H8F5NO/c1-4-3-6(13)9-7(8(4)14)10(19)5(2)11(18-9)12(15,16)17/h3H,1-2H3,(H,18,19). The number of alkyl halides is 3. The van der Waals surface area contributed by atoms with Gasteiger partial charge in [-0.2, -0.15) is 13.2 Å². The van der Waals surface area contributed by atoms with Crippen LogP contribution in [0, 0.1) is 25.5 Å². The summed E-state index contributed by atoms with van der Waals surface area (Å²) >= 11 is 0. The number of halogens is 5.